The van der Waals surface area contributed by atoms with Gasteiger partial charge in [0.1, 0.15) is 0 Å². The van der Waals surface area contributed by atoms with E-state index in [4.69, 9.17) is 5.73 Å². The highest BCUT2D eigenvalue weighted by Crippen LogP contribution is 2.22. The van der Waals surface area contributed by atoms with Crippen LogP contribution in [-0.2, 0) is 16.8 Å². The molecule has 5 nitrogen and oxygen atoms in total. The number of nitrogens with zero attached hydrogens (tertiary/aromatic N) is 2. The van der Waals surface area contributed by atoms with E-state index in [1.807, 2.05) is 16.8 Å². The van der Waals surface area contributed by atoms with E-state index < -0.39 is 10.2 Å². The van der Waals surface area contributed by atoms with Crippen molar-refractivity contribution in [1.82, 2.24) is 8.61 Å². The molecule has 1 atom stereocenters. The molecule has 19 heavy (non-hydrogen) atoms. The number of hydrogen-bond donors (Lipinski definition) is 1. The highest BCUT2D eigenvalue weighted by Gasteiger charge is 2.34. The van der Waals surface area contributed by atoms with Crippen molar-refractivity contribution in [2.24, 2.45) is 5.73 Å². The monoisotopic (exact) mass is 303 g/mol. The van der Waals surface area contributed by atoms with Gasteiger partial charge in [-0.1, -0.05) is 6.42 Å². The summed E-state index contributed by atoms with van der Waals surface area (Å²) in [5.74, 6) is 0. The predicted molar refractivity (Wildman–Crippen MR) is 78.1 cm³/mol. The Labute approximate surface area is 119 Å². The maximum absolute atomic E-state index is 12.6. The summed E-state index contributed by atoms with van der Waals surface area (Å²) in [7, 11) is -1.77. The van der Waals surface area contributed by atoms with Gasteiger partial charge in [-0.25, -0.2) is 0 Å². The second-order valence-corrected chi connectivity index (χ2v) is 7.66. The van der Waals surface area contributed by atoms with Gasteiger partial charge in [0.15, 0.2) is 0 Å². The molecule has 1 aliphatic heterocycles. The van der Waals surface area contributed by atoms with Crippen LogP contribution in [0.25, 0.3) is 0 Å². The quantitative estimate of drug-likeness (QED) is 0.890. The van der Waals surface area contributed by atoms with Crippen LogP contribution in [0.15, 0.2) is 16.8 Å². The highest BCUT2D eigenvalue weighted by atomic mass is 32.2. The van der Waals surface area contributed by atoms with Crippen molar-refractivity contribution in [3.8, 4) is 0 Å². The Kier molecular flexibility index (Phi) is 4.97. The summed E-state index contributed by atoms with van der Waals surface area (Å²) < 4.78 is 28.2. The number of thiophene rings is 1. The third-order valence-electron chi connectivity index (χ3n) is 3.52. The van der Waals surface area contributed by atoms with Crippen molar-refractivity contribution in [1.29, 1.82) is 0 Å². The molecular formula is C12H21N3O2S2. The molecule has 2 heterocycles. The Balaban J connectivity index is 2.11. The van der Waals surface area contributed by atoms with Crippen LogP contribution in [-0.4, -0.2) is 43.2 Å². The molecule has 1 saturated heterocycles. The van der Waals surface area contributed by atoms with Gasteiger partial charge in [-0.2, -0.15) is 28.4 Å². The van der Waals surface area contributed by atoms with Crippen LogP contribution in [0.4, 0.5) is 0 Å². The van der Waals surface area contributed by atoms with Gasteiger partial charge in [-0.3, -0.25) is 0 Å². The summed E-state index contributed by atoms with van der Waals surface area (Å²) >= 11 is 1.58. The van der Waals surface area contributed by atoms with Crippen LogP contribution in [0.2, 0.25) is 0 Å². The molecule has 1 unspecified atom stereocenters. The van der Waals surface area contributed by atoms with Gasteiger partial charge in [0.05, 0.1) is 0 Å². The van der Waals surface area contributed by atoms with Crippen molar-refractivity contribution < 1.29 is 8.42 Å². The van der Waals surface area contributed by atoms with Gasteiger partial charge in [-0.15, -0.1) is 0 Å². The van der Waals surface area contributed by atoms with E-state index in [2.05, 4.69) is 0 Å². The number of piperidine rings is 1. The third-order valence-corrected chi connectivity index (χ3v) is 6.24. The van der Waals surface area contributed by atoms with E-state index in [1.165, 1.54) is 4.31 Å². The molecule has 0 radical (unpaired) electrons. The molecule has 0 spiro atoms. The van der Waals surface area contributed by atoms with Crippen LogP contribution in [0.1, 0.15) is 24.8 Å². The topological polar surface area (TPSA) is 66.6 Å². The van der Waals surface area contributed by atoms with Crippen molar-refractivity contribution in [3.05, 3.63) is 22.4 Å². The zero-order valence-corrected chi connectivity index (χ0v) is 12.8. The van der Waals surface area contributed by atoms with E-state index in [0.29, 0.717) is 19.6 Å². The first kappa shape index (κ1) is 14.9. The minimum Gasteiger partial charge on any atom is -0.329 e. The zero-order chi connectivity index (χ0) is 13.9. The highest BCUT2D eigenvalue weighted by molar-refractivity contribution is 7.86. The summed E-state index contributed by atoms with van der Waals surface area (Å²) in [6.07, 6.45) is 2.84. The average molecular weight is 303 g/mol. The lowest BCUT2D eigenvalue weighted by Crippen LogP contribution is -2.51. The summed E-state index contributed by atoms with van der Waals surface area (Å²) in [5.41, 5.74) is 6.73. The van der Waals surface area contributed by atoms with Crippen LogP contribution in [0, 0.1) is 0 Å². The zero-order valence-electron chi connectivity index (χ0n) is 11.2. The first-order valence-corrected chi connectivity index (χ1v) is 8.84. The molecule has 0 saturated carbocycles. The second kappa shape index (κ2) is 6.32. The Morgan fingerprint density at radius 2 is 2.32 bits per heavy atom. The lowest BCUT2D eigenvalue weighted by molar-refractivity contribution is 0.240. The van der Waals surface area contributed by atoms with E-state index in [9.17, 15) is 8.42 Å². The summed E-state index contributed by atoms with van der Waals surface area (Å²) in [4.78, 5) is 0. The van der Waals surface area contributed by atoms with Crippen molar-refractivity contribution in [3.63, 3.8) is 0 Å². The first-order chi connectivity index (χ1) is 9.05. The largest absolute Gasteiger partial charge is 0.329 e. The standard InChI is InChI=1S/C12H21N3O2S2/c1-14(9-11-5-7-18-10-11)19(16,17)15-6-3-2-4-12(15)8-13/h5,7,10,12H,2-4,6,8-9,13H2,1H3. The Morgan fingerprint density at radius 1 is 1.53 bits per heavy atom. The van der Waals surface area contributed by atoms with Crippen molar-refractivity contribution in [2.75, 3.05) is 20.1 Å². The first-order valence-electron chi connectivity index (χ1n) is 6.50. The minimum absolute atomic E-state index is 0.0522. The summed E-state index contributed by atoms with van der Waals surface area (Å²) in [5, 5.41) is 3.93. The minimum atomic E-state index is -3.41. The summed E-state index contributed by atoms with van der Waals surface area (Å²) in [6, 6.07) is 1.90. The molecular weight excluding hydrogens is 282 g/mol. The molecule has 1 fully saturated rings. The SMILES string of the molecule is CN(Cc1ccsc1)S(=O)(=O)N1CCCCC1CN. The Hall–Kier alpha value is -0.470. The molecule has 0 amide bonds. The molecule has 108 valence electrons. The van der Waals surface area contributed by atoms with E-state index in [0.717, 1.165) is 24.8 Å². The van der Waals surface area contributed by atoms with Crippen LogP contribution < -0.4 is 5.73 Å². The molecule has 0 aromatic carbocycles. The molecule has 1 aromatic rings. The van der Waals surface area contributed by atoms with E-state index in [-0.39, 0.29) is 6.04 Å². The molecule has 2 N–H and O–H groups in total. The van der Waals surface area contributed by atoms with Gasteiger partial charge >= 0.3 is 0 Å². The van der Waals surface area contributed by atoms with Gasteiger partial charge in [0.25, 0.3) is 10.2 Å². The smallest absolute Gasteiger partial charge is 0.282 e. The predicted octanol–water partition coefficient (Wildman–Crippen LogP) is 1.24. The molecule has 0 aliphatic carbocycles. The maximum Gasteiger partial charge on any atom is 0.282 e. The fraction of sp³-hybridized carbons (Fsp3) is 0.667. The lowest BCUT2D eigenvalue weighted by Gasteiger charge is -2.36. The van der Waals surface area contributed by atoms with Crippen LogP contribution in [0.3, 0.4) is 0 Å². The van der Waals surface area contributed by atoms with E-state index in [1.54, 1.807) is 22.7 Å². The summed E-state index contributed by atoms with van der Waals surface area (Å²) in [6.45, 7) is 1.39. The van der Waals surface area contributed by atoms with Crippen molar-refractivity contribution >= 4 is 21.5 Å². The van der Waals surface area contributed by atoms with E-state index >= 15 is 0 Å². The van der Waals surface area contributed by atoms with Gasteiger partial charge in [0, 0.05) is 32.7 Å². The maximum atomic E-state index is 12.6. The van der Waals surface area contributed by atoms with Crippen LogP contribution in [0.5, 0.6) is 0 Å². The third kappa shape index (κ3) is 3.35. The second-order valence-electron chi connectivity index (χ2n) is 4.89. The number of rotatable bonds is 5. The fourth-order valence-electron chi connectivity index (χ4n) is 2.41. The van der Waals surface area contributed by atoms with Crippen molar-refractivity contribution in [2.45, 2.75) is 31.8 Å². The molecule has 1 aromatic heterocycles. The number of hydrogen-bond acceptors (Lipinski definition) is 4. The number of nitrogens with two attached hydrogens (primary N) is 1. The molecule has 0 bridgehead atoms. The Bertz CT molecular complexity index is 487. The fourth-order valence-corrected chi connectivity index (χ4v) is 4.67. The molecule has 1 aliphatic rings. The normalized spacial score (nSPS) is 21.9. The van der Waals surface area contributed by atoms with Gasteiger partial charge in [0.2, 0.25) is 0 Å². The molecule has 2 rings (SSSR count). The van der Waals surface area contributed by atoms with Crippen LogP contribution >= 0.6 is 11.3 Å². The Morgan fingerprint density at radius 3 is 2.95 bits per heavy atom. The average Bonchev–Trinajstić information content (AvgIpc) is 2.91. The van der Waals surface area contributed by atoms with Gasteiger partial charge < -0.3 is 5.73 Å². The van der Waals surface area contributed by atoms with Gasteiger partial charge in [-0.05, 0) is 35.2 Å². The lowest BCUT2D eigenvalue weighted by atomic mass is 10.1. The molecule has 7 heteroatoms.